The van der Waals surface area contributed by atoms with Crippen LogP contribution in [0.5, 0.6) is 0 Å². The smallest absolute Gasteiger partial charge is 0.306 e. The van der Waals surface area contributed by atoms with Crippen molar-refractivity contribution in [3.8, 4) is 0 Å². The van der Waals surface area contributed by atoms with E-state index in [0.29, 0.717) is 19.3 Å². The molecule has 0 radical (unpaired) electrons. The van der Waals surface area contributed by atoms with Gasteiger partial charge in [0, 0.05) is 19.3 Å². The Balaban J connectivity index is 4.29. The number of carbonyl (C=O) groups excluding carboxylic acids is 3. The second kappa shape index (κ2) is 56.1. The molecule has 0 unspecified atom stereocenters. The van der Waals surface area contributed by atoms with Gasteiger partial charge in [0.1, 0.15) is 13.2 Å². The van der Waals surface area contributed by atoms with E-state index in [9.17, 15) is 14.4 Å². The molecule has 0 N–H and O–H groups in total. The van der Waals surface area contributed by atoms with Crippen LogP contribution in [0, 0.1) is 17.8 Å². The molecule has 6 nitrogen and oxygen atoms in total. The minimum Gasteiger partial charge on any atom is -0.462 e. The average molecular weight is 1000 g/mol. The Bertz CT molecular complexity index is 1100. The number of unbranched alkanes of at least 4 members (excludes halogenated alkanes) is 41. The zero-order valence-electron chi connectivity index (χ0n) is 49.0. The predicted octanol–water partition coefficient (Wildman–Crippen LogP) is 21.5. The summed E-state index contributed by atoms with van der Waals surface area (Å²) in [4.78, 5) is 38.3. The summed E-state index contributed by atoms with van der Waals surface area (Å²) in [6, 6.07) is 0. The number of hydrogen-bond acceptors (Lipinski definition) is 6. The van der Waals surface area contributed by atoms with E-state index in [1.165, 1.54) is 244 Å². The lowest BCUT2D eigenvalue weighted by Gasteiger charge is -2.18. The standard InChI is InChI=1S/C65H126O6/c1-59(2)51-45-39-33-27-21-15-9-7-8-10-18-24-30-36-42-48-54-63(66)69-57-62(71-65(68)56-50-44-38-32-26-20-14-12-17-23-29-35-41-47-53-61(5)6)58-70-64(67)55-49-43-37-31-25-19-13-11-16-22-28-34-40-46-52-60(3)4/h59-62H,7-58H2,1-6H3/t62-/m0/s1. The van der Waals surface area contributed by atoms with E-state index >= 15 is 0 Å². The van der Waals surface area contributed by atoms with Crippen LogP contribution in [0.1, 0.15) is 363 Å². The fraction of sp³-hybridized carbons (Fsp3) is 0.954. The summed E-state index contributed by atoms with van der Waals surface area (Å²) in [6.07, 6.45) is 61.0. The maximum absolute atomic E-state index is 12.9. The van der Waals surface area contributed by atoms with Gasteiger partial charge in [0.25, 0.3) is 0 Å². The molecule has 0 heterocycles. The Morgan fingerprint density at radius 1 is 0.239 bits per heavy atom. The van der Waals surface area contributed by atoms with Crippen LogP contribution in [0.2, 0.25) is 0 Å². The molecule has 71 heavy (non-hydrogen) atoms. The first-order valence-corrected chi connectivity index (χ1v) is 32.1. The summed E-state index contributed by atoms with van der Waals surface area (Å²) >= 11 is 0. The van der Waals surface area contributed by atoms with Gasteiger partial charge < -0.3 is 14.2 Å². The third kappa shape index (κ3) is 59.2. The van der Waals surface area contributed by atoms with E-state index in [-0.39, 0.29) is 31.1 Å². The van der Waals surface area contributed by atoms with Gasteiger partial charge >= 0.3 is 17.9 Å². The first-order chi connectivity index (χ1) is 34.6. The quantitative estimate of drug-likeness (QED) is 0.0343. The number of ether oxygens (including phenoxy) is 3. The summed E-state index contributed by atoms with van der Waals surface area (Å²) < 4.78 is 17.0. The highest BCUT2D eigenvalue weighted by molar-refractivity contribution is 5.71. The van der Waals surface area contributed by atoms with E-state index < -0.39 is 6.10 Å². The molecule has 0 aliphatic rings. The highest BCUT2D eigenvalue weighted by Gasteiger charge is 2.19. The van der Waals surface area contributed by atoms with Gasteiger partial charge in [-0.3, -0.25) is 14.4 Å². The van der Waals surface area contributed by atoms with Crippen molar-refractivity contribution in [2.24, 2.45) is 17.8 Å². The summed E-state index contributed by atoms with van der Waals surface area (Å²) in [5, 5.41) is 0. The molecule has 0 saturated carbocycles. The van der Waals surface area contributed by atoms with E-state index in [1.54, 1.807) is 0 Å². The lowest BCUT2D eigenvalue weighted by molar-refractivity contribution is -0.167. The summed E-state index contributed by atoms with van der Waals surface area (Å²) in [5.41, 5.74) is 0. The molecule has 0 spiro atoms. The molecule has 6 heteroatoms. The normalized spacial score (nSPS) is 12.1. The number of esters is 3. The second-order valence-corrected chi connectivity index (χ2v) is 23.8. The van der Waals surface area contributed by atoms with Crippen LogP contribution in [0.25, 0.3) is 0 Å². The van der Waals surface area contributed by atoms with E-state index in [2.05, 4.69) is 41.5 Å². The zero-order chi connectivity index (χ0) is 51.9. The van der Waals surface area contributed by atoms with Crippen molar-refractivity contribution < 1.29 is 28.6 Å². The van der Waals surface area contributed by atoms with Gasteiger partial charge in [-0.1, -0.05) is 324 Å². The average Bonchev–Trinajstić information content (AvgIpc) is 3.33. The zero-order valence-corrected chi connectivity index (χ0v) is 49.0. The Morgan fingerprint density at radius 3 is 0.606 bits per heavy atom. The summed E-state index contributed by atoms with van der Waals surface area (Å²) in [7, 11) is 0. The Morgan fingerprint density at radius 2 is 0.408 bits per heavy atom. The largest absolute Gasteiger partial charge is 0.462 e. The van der Waals surface area contributed by atoms with Crippen molar-refractivity contribution >= 4 is 17.9 Å². The molecular formula is C65H126O6. The van der Waals surface area contributed by atoms with Crippen LogP contribution in [-0.2, 0) is 28.6 Å². The van der Waals surface area contributed by atoms with Gasteiger partial charge in [0.15, 0.2) is 6.10 Å². The highest BCUT2D eigenvalue weighted by atomic mass is 16.6. The van der Waals surface area contributed by atoms with Gasteiger partial charge in [-0.2, -0.15) is 0 Å². The molecule has 0 amide bonds. The molecule has 0 aromatic rings. The van der Waals surface area contributed by atoms with Crippen LogP contribution < -0.4 is 0 Å². The molecule has 0 aliphatic heterocycles. The molecule has 0 aliphatic carbocycles. The highest BCUT2D eigenvalue weighted by Crippen LogP contribution is 2.19. The van der Waals surface area contributed by atoms with Crippen LogP contribution >= 0.6 is 0 Å². The van der Waals surface area contributed by atoms with Crippen LogP contribution in [0.4, 0.5) is 0 Å². The van der Waals surface area contributed by atoms with Crippen molar-refractivity contribution in [2.75, 3.05) is 13.2 Å². The van der Waals surface area contributed by atoms with Crippen LogP contribution in [-0.4, -0.2) is 37.2 Å². The summed E-state index contributed by atoms with van der Waals surface area (Å²) in [5.74, 6) is 1.71. The van der Waals surface area contributed by atoms with Gasteiger partial charge in [0.2, 0.25) is 0 Å². The van der Waals surface area contributed by atoms with Gasteiger partial charge in [0.05, 0.1) is 0 Å². The van der Waals surface area contributed by atoms with Crippen molar-refractivity contribution in [3.63, 3.8) is 0 Å². The molecular weight excluding hydrogens is 877 g/mol. The lowest BCUT2D eigenvalue weighted by Crippen LogP contribution is -2.30. The van der Waals surface area contributed by atoms with Crippen molar-refractivity contribution in [2.45, 2.75) is 369 Å². The minimum absolute atomic E-state index is 0.0625. The lowest BCUT2D eigenvalue weighted by atomic mass is 10.0. The number of carbonyl (C=O) groups is 3. The fourth-order valence-corrected chi connectivity index (χ4v) is 10.1. The third-order valence-electron chi connectivity index (χ3n) is 14.9. The van der Waals surface area contributed by atoms with Gasteiger partial charge in [-0.15, -0.1) is 0 Å². The predicted molar refractivity (Wildman–Crippen MR) is 307 cm³/mol. The van der Waals surface area contributed by atoms with Gasteiger partial charge in [-0.25, -0.2) is 0 Å². The topological polar surface area (TPSA) is 78.9 Å². The molecule has 0 aromatic carbocycles. The van der Waals surface area contributed by atoms with Crippen LogP contribution in [0.15, 0.2) is 0 Å². The Kier molecular flexibility index (Phi) is 54.9. The first kappa shape index (κ1) is 69.4. The number of rotatable bonds is 58. The SMILES string of the molecule is CC(C)CCCCCCCCCCCCCCCCCCC(=O)OC[C@@H](COC(=O)CCCCCCCCCCCCCCCCC(C)C)OC(=O)CCCCCCCCCCCCCCCCC(C)C. The van der Waals surface area contributed by atoms with Crippen molar-refractivity contribution in [1.29, 1.82) is 0 Å². The Hall–Kier alpha value is -1.59. The second-order valence-electron chi connectivity index (χ2n) is 23.8. The molecule has 1 atom stereocenters. The molecule has 0 bridgehead atoms. The van der Waals surface area contributed by atoms with E-state index in [0.717, 1.165) is 75.5 Å². The first-order valence-electron chi connectivity index (χ1n) is 32.1. The molecule has 0 rings (SSSR count). The molecule has 0 aromatic heterocycles. The van der Waals surface area contributed by atoms with Crippen molar-refractivity contribution in [3.05, 3.63) is 0 Å². The third-order valence-corrected chi connectivity index (χ3v) is 14.9. The molecule has 422 valence electrons. The van der Waals surface area contributed by atoms with Crippen molar-refractivity contribution in [1.82, 2.24) is 0 Å². The maximum atomic E-state index is 12.9. The van der Waals surface area contributed by atoms with Gasteiger partial charge in [-0.05, 0) is 37.0 Å². The minimum atomic E-state index is -0.764. The maximum Gasteiger partial charge on any atom is 0.306 e. The van der Waals surface area contributed by atoms with Crippen LogP contribution in [0.3, 0.4) is 0 Å². The van der Waals surface area contributed by atoms with E-state index in [4.69, 9.17) is 14.2 Å². The number of hydrogen-bond donors (Lipinski definition) is 0. The molecule has 0 fully saturated rings. The summed E-state index contributed by atoms with van der Waals surface area (Å²) in [6.45, 7) is 13.8. The molecule has 0 saturated heterocycles. The monoisotopic (exact) mass is 1000 g/mol. The van der Waals surface area contributed by atoms with E-state index in [1.807, 2.05) is 0 Å². The fourth-order valence-electron chi connectivity index (χ4n) is 10.1. The Labute approximate surface area is 444 Å².